The first kappa shape index (κ1) is 10.9. The highest BCUT2D eigenvalue weighted by Crippen LogP contribution is 2.30. The fourth-order valence-corrected chi connectivity index (χ4v) is 1.71. The van der Waals surface area contributed by atoms with E-state index in [2.05, 4.69) is 37.8 Å². The number of rotatable bonds is 2. The summed E-state index contributed by atoms with van der Waals surface area (Å²) in [5.41, 5.74) is 9.12. The average Bonchev–Trinajstić information content (AvgIpc) is 2.61. The van der Waals surface area contributed by atoms with E-state index in [4.69, 9.17) is 10.3 Å². The molecule has 2 heterocycles. The molecular weight excluding hydrogens is 202 g/mol. The second kappa shape index (κ2) is 3.77. The molecule has 4 nitrogen and oxygen atoms in total. The van der Waals surface area contributed by atoms with Gasteiger partial charge in [-0.15, -0.1) is 0 Å². The third-order valence-corrected chi connectivity index (χ3v) is 2.66. The van der Waals surface area contributed by atoms with Crippen LogP contribution in [0.1, 0.15) is 50.9 Å². The van der Waals surface area contributed by atoms with Gasteiger partial charge in [-0.05, 0) is 17.9 Å². The summed E-state index contributed by atoms with van der Waals surface area (Å²) in [6, 6.07) is 1.91. The summed E-state index contributed by atoms with van der Waals surface area (Å²) in [5.74, 6) is 0.620. The Morgan fingerprint density at radius 3 is 2.44 bits per heavy atom. The van der Waals surface area contributed by atoms with Crippen LogP contribution in [0.25, 0.3) is 11.1 Å². The van der Waals surface area contributed by atoms with Crippen molar-refractivity contribution < 1.29 is 4.52 Å². The van der Waals surface area contributed by atoms with Crippen molar-refractivity contribution in [1.29, 1.82) is 0 Å². The van der Waals surface area contributed by atoms with Gasteiger partial charge in [0.2, 0.25) is 0 Å². The van der Waals surface area contributed by atoms with Crippen LogP contribution in [0.2, 0.25) is 0 Å². The molecule has 0 saturated carbocycles. The molecule has 0 atom stereocenters. The van der Waals surface area contributed by atoms with E-state index in [0.717, 1.165) is 16.8 Å². The Balaban J connectivity index is 2.69. The molecule has 0 fully saturated rings. The first-order valence-electron chi connectivity index (χ1n) is 5.56. The maximum absolute atomic E-state index is 6.04. The Hall–Kier alpha value is -1.58. The maximum Gasteiger partial charge on any atom is 0.260 e. The molecule has 0 aliphatic carbocycles. The van der Waals surface area contributed by atoms with Gasteiger partial charge in [0.05, 0.1) is 11.1 Å². The summed E-state index contributed by atoms with van der Waals surface area (Å²) in [7, 11) is 0. The van der Waals surface area contributed by atoms with Crippen LogP contribution >= 0.6 is 0 Å². The van der Waals surface area contributed by atoms with Crippen LogP contribution < -0.4 is 5.73 Å². The standard InChI is InChI=1S/C12H17N3O/c1-6(2)9-5-8(13)10-11(7(3)4)15-16-12(10)14-9/h5-7H,1-4H3,(H2,13,14). The van der Waals surface area contributed by atoms with Gasteiger partial charge in [0.25, 0.3) is 5.71 Å². The van der Waals surface area contributed by atoms with Gasteiger partial charge in [-0.1, -0.05) is 32.9 Å². The fraction of sp³-hybridized carbons (Fsp3) is 0.500. The highest BCUT2D eigenvalue weighted by Gasteiger charge is 2.17. The van der Waals surface area contributed by atoms with Crippen LogP contribution in [0.5, 0.6) is 0 Å². The number of hydrogen-bond acceptors (Lipinski definition) is 4. The zero-order valence-electron chi connectivity index (χ0n) is 10.1. The third kappa shape index (κ3) is 1.64. The number of anilines is 1. The van der Waals surface area contributed by atoms with E-state index < -0.39 is 0 Å². The van der Waals surface area contributed by atoms with Gasteiger partial charge < -0.3 is 10.3 Å². The molecule has 2 aromatic rings. The first-order chi connectivity index (χ1) is 7.50. The van der Waals surface area contributed by atoms with Crippen molar-refractivity contribution in [1.82, 2.24) is 10.1 Å². The van der Waals surface area contributed by atoms with Crippen molar-refractivity contribution >= 4 is 16.8 Å². The number of hydrogen-bond donors (Lipinski definition) is 1. The maximum atomic E-state index is 6.04. The van der Waals surface area contributed by atoms with E-state index in [0.29, 0.717) is 17.3 Å². The van der Waals surface area contributed by atoms with Gasteiger partial charge in [-0.2, -0.15) is 0 Å². The second-order valence-corrected chi connectivity index (χ2v) is 4.69. The Morgan fingerprint density at radius 1 is 1.19 bits per heavy atom. The molecule has 4 heteroatoms. The SMILES string of the molecule is CC(C)c1cc(N)c2c(C(C)C)noc2n1. The van der Waals surface area contributed by atoms with Crippen LogP contribution in [0, 0.1) is 0 Å². The second-order valence-electron chi connectivity index (χ2n) is 4.69. The van der Waals surface area contributed by atoms with Crippen molar-refractivity contribution in [3.8, 4) is 0 Å². The number of nitrogens with two attached hydrogens (primary N) is 1. The lowest BCUT2D eigenvalue weighted by Gasteiger charge is -2.06. The highest BCUT2D eigenvalue weighted by molar-refractivity contribution is 5.89. The third-order valence-electron chi connectivity index (χ3n) is 2.66. The lowest BCUT2D eigenvalue weighted by Crippen LogP contribution is -1.98. The number of nitrogens with zero attached hydrogens (tertiary/aromatic N) is 2. The summed E-state index contributed by atoms with van der Waals surface area (Å²) in [5, 5.41) is 4.90. The minimum absolute atomic E-state index is 0.287. The molecule has 0 saturated heterocycles. The number of fused-ring (bicyclic) bond motifs is 1. The molecule has 0 bridgehead atoms. The first-order valence-corrected chi connectivity index (χ1v) is 5.56. The predicted octanol–water partition coefficient (Wildman–Crippen LogP) is 3.05. The summed E-state index contributed by atoms with van der Waals surface area (Å²) in [4.78, 5) is 4.43. The van der Waals surface area contributed by atoms with Crippen LogP contribution in [-0.4, -0.2) is 10.1 Å². The molecule has 0 aliphatic rings. The minimum atomic E-state index is 0.287. The van der Waals surface area contributed by atoms with E-state index in [1.807, 2.05) is 6.07 Å². The molecular formula is C12H17N3O. The topological polar surface area (TPSA) is 64.9 Å². The molecule has 0 spiro atoms. The molecule has 2 rings (SSSR count). The zero-order valence-corrected chi connectivity index (χ0v) is 10.1. The molecule has 2 aromatic heterocycles. The molecule has 0 amide bonds. The van der Waals surface area contributed by atoms with Gasteiger partial charge in [-0.3, -0.25) is 0 Å². The number of aromatic nitrogens is 2. The molecule has 0 radical (unpaired) electrons. The highest BCUT2D eigenvalue weighted by atomic mass is 16.5. The summed E-state index contributed by atoms with van der Waals surface area (Å²) < 4.78 is 5.24. The van der Waals surface area contributed by atoms with Crippen molar-refractivity contribution in [2.75, 3.05) is 5.73 Å². The summed E-state index contributed by atoms with van der Waals surface area (Å²) >= 11 is 0. The number of pyridine rings is 1. The molecule has 0 aromatic carbocycles. The normalized spacial score (nSPS) is 11.9. The van der Waals surface area contributed by atoms with Gasteiger partial charge in [-0.25, -0.2) is 4.98 Å². The van der Waals surface area contributed by atoms with E-state index in [9.17, 15) is 0 Å². The monoisotopic (exact) mass is 219 g/mol. The van der Waals surface area contributed by atoms with E-state index >= 15 is 0 Å². The van der Waals surface area contributed by atoms with Crippen LogP contribution in [0.4, 0.5) is 5.69 Å². The van der Waals surface area contributed by atoms with Gasteiger partial charge in [0.1, 0.15) is 0 Å². The lowest BCUT2D eigenvalue weighted by molar-refractivity contribution is 0.433. The van der Waals surface area contributed by atoms with Gasteiger partial charge in [0, 0.05) is 11.4 Å². The molecule has 86 valence electrons. The van der Waals surface area contributed by atoms with Crippen molar-refractivity contribution in [2.45, 2.75) is 39.5 Å². The molecule has 0 unspecified atom stereocenters. The van der Waals surface area contributed by atoms with E-state index in [1.165, 1.54) is 0 Å². The summed E-state index contributed by atoms with van der Waals surface area (Å²) in [6.07, 6.45) is 0. The summed E-state index contributed by atoms with van der Waals surface area (Å²) in [6.45, 7) is 8.28. The van der Waals surface area contributed by atoms with Crippen LogP contribution in [0.15, 0.2) is 10.6 Å². The predicted molar refractivity (Wildman–Crippen MR) is 64.4 cm³/mol. The largest absolute Gasteiger partial charge is 0.398 e. The van der Waals surface area contributed by atoms with Gasteiger partial charge >= 0.3 is 0 Å². The smallest absolute Gasteiger partial charge is 0.260 e. The molecule has 0 aliphatic heterocycles. The number of nitrogen functional groups attached to an aromatic ring is 1. The van der Waals surface area contributed by atoms with Crippen molar-refractivity contribution in [3.05, 3.63) is 17.5 Å². The zero-order chi connectivity index (χ0) is 11.9. The Kier molecular flexibility index (Phi) is 2.58. The van der Waals surface area contributed by atoms with E-state index in [1.54, 1.807) is 0 Å². The minimum Gasteiger partial charge on any atom is -0.398 e. The average molecular weight is 219 g/mol. The Morgan fingerprint density at radius 2 is 1.88 bits per heavy atom. The Bertz CT molecular complexity index is 514. The fourth-order valence-electron chi connectivity index (χ4n) is 1.71. The van der Waals surface area contributed by atoms with Crippen LogP contribution in [-0.2, 0) is 0 Å². The van der Waals surface area contributed by atoms with Crippen molar-refractivity contribution in [3.63, 3.8) is 0 Å². The quantitative estimate of drug-likeness (QED) is 0.843. The Labute approximate surface area is 94.8 Å². The van der Waals surface area contributed by atoms with Gasteiger partial charge in [0.15, 0.2) is 0 Å². The molecule has 16 heavy (non-hydrogen) atoms. The lowest BCUT2D eigenvalue weighted by atomic mass is 10.0. The molecule has 2 N–H and O–H groups in total. The van der Waals surface area contributed by atoms with Crippen LogP contribution in [0.3, 0.4) is 0 Å². The van der Waals surface area contributed by atoms with Crippen molar-refractivity contribution in [2.24, 2.45) is 0 Å². The van der Waals surface area contributed by atoms with E-state index in [-0.39, 0.29) is 5.92 Å².